The van der Waals surface area contributed by atoms with Crippen LogP contribution in [-0.2, 0) is 0 Å². The van der Waals surface area contributed by atoms with E-state index in [-0.39, 0.29) is 0 Å². The van der Waals surface area contributed by atoms with Crippen molar-refractivity contribution in [1.29, 1.82) is 0 Å². The molecule has 0 bridgehead atoms. The van der Waals surface area contributed by atoms with Crippen molar-refractivity contribution in [3.05, 3.63) is 17.5 Å². The highest BCUT2D eigenvalue weighted by Gasteiger charge is 2.10. The van der Waals surface area contributed by atoms with Crippen LogP contribution in [0.3, 0.4) is 0 Å². The average Bonchev–Trinajstić information content (AvgIpc) is 2.25. The highest BCUT2D eigenvalue weighted by molar-refractivity contribution is 5.31. The first-order valence-electron chi connectivity index (χ1n) is 5.80. The smallest absolute Gasteiger partial charge is 0.224 e. The molecule has 4 nitrogen and oxygen atoms in total. The van der Waals surface area contributed by atoms with E-state index >= 15 is 0 Å². The normalized spacial score (nSPS) is 12.6. The molecule has 1 aromatic heterocycles. The molecule has 1 aromatic rings. The molecule has 0 aliphatic carbocycles. The second kappa shape index (κ2) is 5.80. The van der Waals surface area contributed by atoms with Gasteiger partial charge in [-0.2, -0.15) is 0 Å². The van der Waals surface area contributed by atoms with Crippen molar-refractivity contribution in [2.45, 2.75) is 33.2 Å². The van der Waals surface area contributed by atoms with Gasteiger partial charge in [-0.3, -0.25) is 0 Å². The molecule has 0 aromatic carbocycles. The van der Waals surface area contributed by atoms with Gasteiger partial charge in [0.2, 0.25) is 5.95 Å². The van der Waals surface area contributed by atoms with Gasteiger partial charge in [0.1, 0.15) is 0 Å². The van der Waals surface area contributed by atoms with Crippen LogP contribution in [0.1, 0.15) is 37.6 Å². The Morgan fingerprint density at radius 2 is 2.12 bits per heavy atom. The summed E-state index contributed by atoms with van der Waals surface area (Å²) in [5.41, 5.74) is 2.23. The summed E-state index contributed by atoms with van der Waals surface area (Å²) in [7, 11) is 3.90. The van der Waals surface area contributed by atoms with Crippen LogP contribution in [0.15, 0.2) is 6.20 Å². The zero-order valence-electron chi connectivity index (χ0n) is 10.9. The van der Waals surface area contributed by atoms with Crippen LogP contribution in [0, 0.1) is 6.92 Å². The lowest BCUT2D eigenvalue weighted by molar-refractivity contribution is 0.564. The number of hydrogen-bond donors (Lipinski definition) is 1. The van der Waals surface area contributed by atoms with E-state index < -0.39 is 0 Å². The van der Waals surface area contributed by atoms with E-state index in [2.05, 4.69) is 29.1 Å². The fourth-order valence-corrected chi connectivity index (χ4v) is 1.58. The van der Waals surface area contributed by atoms with Crippen LogP contribution in [0.25, 0.3) is 0 Å². The molecule has 1 unspecified atom stereocenters. The monoisotopic (exact) mass is 222 g/mol. The van der Waals surface area contributed by atoms with Gasteiger partial charge in [0, 0.05) is 37.6 Å². The van der Waals surface area contributed by atoms with Crippen molar-refractivity contribution in [2.75, 3.05) is 25.5 Å². The number of nitrogens with zero attached hydrogens (tertiary/aromatic N) is 3. The molecule has 0 radical (unpaired) electrons. The summed E-state index contributed by atoms with van der Waals surface area (Å²) in [6, 6.07) is 0.316. The fourth-order valence-electron chi connectivity index (χ4n) is 1.58. The van der Waals surface area contributed by atoms with Crippen molar-refractivity contribution < 1.29 is 0 Å². The first-order valence-corrected chi connectivity index (χ1v) is 5.80. The molecule has 0 amide bonds. The molecule has 1 rings (SSSR count). The summed E-state index contributed by atoms with van der Waals surface area (Å²) in [5, 5.41) is 3.44. The van der Waals surface area contributed by atoms with Crippen LogP contribution < -0.4 is 10.2 Å². The standard InChI is InChI=1S/C12H22N4/c1-6-7-13-9(2)11-8-14-12(16(4)5)15-10(11)3/h8-9,13H,6-7H2,1-5H3. The van der Waals surface area contributed by atoms with E-state index in [1.54, 1.807) is 0 Å². The zero-order valence-corrected chi connectivity index (χ0v) is 10.9. The second-order valence-corrected chi connectivity index (χ2v) is 4.28. The SMILES string of the molecule is CCCNC(C)c1cnc(N(C)C)nc1C. The predicted octanol–water partition coefficient (Wildman–Crippen LogP) is 1.91. The van der Waals surface area contributed by atoms with Gasteiger partial charge in [-0.05, 0) is 26.8 Å². The van der Waals surface area contributed by atoms with Gasteiger partial charge in [-0.15, -0.1) is 0 Å². The molecule has 1 atom stereocenters. The highest BCUT2D eigenvalue weighted by atomic mass is 15.2. The molecule has 1 heterocycles. The van der Waals surface area contributed by atoms with Crippen LogP contribution in [-0.4, -0.2) is 30.6 Å². The number of anilines is 1. The average molecular weight is 222 g/mol. The maximum absolute atomic E-state index is 4.48. The molecule has 0 spiro atoms. The van der Waals surface area contributed by atoms with Crippen molar-refractivity contribution in [2.24, 2.45) is 0 Å². The molecule has 90 valence electrons. The highest BCUT2D eigenvalue weighted by Crippen LogP contribution is 2.16. The Labute approximate surface area is 98.1 Å². The van der Waals surface area contributed by atoms with Crippen molar-refractivity contribution in [1.82, 2.24) is 15.3 Å². The maximum Gasteiger partial charge on any atom is 0.224 e. The molecule has 4 heteroatoms. The van der Waals surface area contributed by atoms with Gasteiger partial charge < -0.3 is 10.2 Å². The van der Waals surface area contributed by atoms with Crippen LogP contribution in [0.4, 0.5) is 5.95 Å². The first kappa shape index (κ1) is 12.9. The van der Waals surface area contributed by atoms with Gasteiger partial charge in [-0.1, -0.05) is 6.92 Å². The summed E-state index contributed by atoms with van der Waals surface area (Å²) in [5.74, 6) is 0.768. The summed E-state index contributed by atoms with van der Waals surface area (Å²) < 4.78 is 0. The molecule has 0 saturated carbocycles. The maximum atomic E-state index is 4.48. The molecule has 1 N–H and O–H groups in total. The Kier molecular flexibility index (Phi) is 4.68. The van der Waals surface area contributed by atoms with E-state index in [1.165, 1.54) is 5.56 Å². The summed E-state index contributed by atoms with van der Waals surface area (Å²) in [6.07, 6.45) is 3.06. The van der Waals surface area contributed by atoms with Crippen molar-refractivity contribution in [3.8, 4) is 0 Å². The fraction of sp³-hybridized carbons (Fsp3) is 0.667. The van der Waals surface area contributed by atoms with E-state index in [4.69, 9.17) is 0 Å². The van der Waals surface area contributed by atoms with Crippen LogP contribution in [0.5, 0.6) is 0 Å². The van der Waals surface area contributed by atoms with Crippen LogP contribution in [0.2, 0.25) is 0 Å². The Morgan fingerprint density at radius 1 is 1.44 bits per heavy atom. The Hall–Kier alpha value is -1.16. The van der Waals surface area contributed by atoms with E-state index in [0.717, 1.165) is 24.6 Å². The number of hydrogen-bond acceptors (Lipinski definition) is 4. The lowest BCUT2D eigenvalue weighted by atomic mass is 10.1. The largest absolute Gasteiger partial charge is 0.347 e. The quantitative estimate of drug-likeness (QED) is 0.826. The van der Waals surface area contributed by atoms with Crippen molar-refractivity contribution in [3.63, 3.8) is 0 Å². The third-order valence-electron chi connectivity index (χ3n) is 2.57. The molecular formula is C12H22N4. The Bertz CT molecular complexity index is 336. The second-order valence-electron chi connectivity index (χ2n) is 4.28. The van der Waals surface area contributed by atoms with E-state index in [9.17, 15) is 0 Å². The Balaban J connectivity index is 2.81. The van der Waals surface area contributed by atoms with E-state index in [0.29, 0.717) is 6.04 Å². The molecule has 0 fully saturated rings. The minimum Gasteiger partial charge on any atom is -0.347 e. The van der Waals surface area contributed by atoms with E-state index in [1.807, 2.05) is 32.1 Å². The number of aryl methyl sites for hydroxylation is 1. The zero-order chi connectivity index (χ0) is 12.1. The third-order valence-corrected chi connectivity index (χ3v) is 2.57. The minimum atomic E-state index is 0.316. The number of aromatic nitrogens is 2. The van der Waals surface area contributed by atoms with Gasteiger partial charge in [0.15, 0.2) is 0 Å². The minimum absolute atomic E-state index is 0.316. The summed E-state index contributed by atoms with van der Waals surface area (Å²) >= 11 is 0. The number of rotatable bonds is 5. The predicted molar refractivity (Wildman–Crippen MR) is 67.8 cm³/mol. The van der Waals surface area contributed by atoms with Gasteiger partial charge in [-0.25, -0.2) is 9.97 Å². The van der Waals surface area contributed by atoms with Gasteiger partial charge in [0.25, 0.3) is 0 Å². The van der Waals surface area contributed by atoms with Gasteiger partial charge in [0.05, 0.1) is 0 Å². The molecule has 0 aliphatic heterocycles. The van der Waals surface area contributed by atoms with Crippen LogP contribution >= 0.6 is 0 Å². The topological polar surface area (TPSA) is 41.1 Å². The first-order chi connectivity index (χ1) is 7.56. The molecule has 0 aliphatic rings. The van der Waals surface area contributed by atoms with Gasteiger partial charge >= 0.3 is 0 Å². The molecular weight excluding hydrogens is 200 g/mol. The van der Waals surface area contributed by atoms with Crippen molar-refractivity contribution >= 4 is 5.95 Å². The summed E-state index contributed by atoms with van der Waals surface area (Å²) in [6.45, 7) is 7.37. The lowest BCUT2D eigenvalue weighted by Crippen LogP contribution is -2.21. The molecule has 0 saturated heterocycles. The Morgan fingerprint density at radius 3 is 2.62 bits per heavy atom. The third kappa shape index (κ3) is 3.17. The molecule has 16 heavy (non-hydrogen) atoms. The lowest BCUT2D eigenvalue weighted by Gasteiger charge is -2.17. The number of nitrogens with one attached hydrogen (secondary N) is 1. The summed E-state index contributed by atoms with van der Waals surface area (Å²) in [4.78, 5) is 10.7.